The van der Waals surface area contributed by atoms with E-state index in [1.54, 1.807) is 11.0 Å². The van der Waals surface area contributed by atoms with Crippen molar-refractivity contribution in [3.8, 4) is 0 Å². The van der Waals surface area contributed by atoms with Gasteiger partial charge in [0.05, 0.1) is 18.1 Å². The third kappa shape index (κ3) is 2.12. The van der Waals surface area contributed by atoms with Crippen molar-refractivity contribution in [1.29, 1.82) is 0 Å². The highest BCUT2D eigenvalue weighted by atomic mass is 16.5. The Balaban J connectivity index is 1.85. The second-order valence-electron chi connectivity index (χ2n) is 7.36. The first-order chi connectivity index (χ1) is 11.8. The molecule has 1 spiro atoms. The number of carboxylic acids is 1. The van der Waals surface area contributed by atoms with Gasteiger partial charge in [-0.3, -0.25) is 9.59 Å². The molecule has 3 aliphatic rings. The van der Waals surface area contributed by atoms with Crippen LogP contribution < -0.4 is 4.90 Å². The van der Waals surface area contributed by atoms with Crippen LogP contribution >= 0.6 is 0 Å². The van der Waals surface area contributed by atoms with Crippen LogP contribution in [-0.4, -0.2) is 34.7 Å². The summed E-state index contributed by atoms with van der Waals surface area (Å²) in [5, 5.41) is 9.66. The summed E-state index contributed by atoms with van der Waals surface area (Å²) in [5.41, 5.74) is 1.88. The first-order valence-electron chi connectivity index (χ1n) is 8.49. The fourth-order valence-electron chi connectivity index (χ4n) is 4.60. The normalized spacial score (nSPS) is 35.3. The van der Waals surface area contributed by atoms with Crippen LogP contribution in [-0.2, 0) is 14.3 Å². The zero-order chi connectivity index (χ0) is 17.9. The molecule has 0 saturated carbocycles. The molecular weight excluding hydrogens is 318 g/mol. The largest absolute Gasteiger partial charge is 0.481 e. The van der Waals surface area contributed by atoms with Crippen molar-refractivity contribution < 1.29 is 19.4 Å². The zero-order valence-corrected chi connectivity index (χ0v) is 14.3. The number of benzene rings is 1. The molecule has 1 aromatic rings. The number of hydrogen-bond acceptors (Lipinski definition) is 3. The van der Waals surface area contributed by atoms with E-state index in [1.807, 2.05) is 44.2 Å². The van der Waals surface area contributed by atoms with Crippen LogP contribution in [0.5, 0.6) is 0 Å². The fourth-order valence-corrected chi connectivity index (χ4v) is 4.60. The van der Waals surface area contributed by atoms with Crippen LogP contribution in [0.2, 0.25) is 0 Å². The molecule has 5 heteroatoms. The van der Waals surface area contributed by atoms with E-state index in [0.717, 1.165) is 16.8 Å². The maximum Gasteiger partial charge on any atom is 0.310 e. The Labute approximate surface area is 146 Å². The van der Waals surface area contributed by atoms with Gasteiger partial charge in [-0.25, -0.2) is 0 Å². The van der Waals surface area contributed by atoms with Gasteiger partial charge >= 0.3 is 5.97 Å². The van der Waals surface area contributed by atoms with Gasteiger partial charge in [0.2, 0.25) is 5.91 Å². The van der Waals surface area contributed by atoms with Crippen molar-refractivity contribution in [2.45, 2.75) is 38.0 Å². The Bertz CT molecular complexity index is 814. The van der Waals surface area contributed by atoms with E-state index in [9.17, 15) is 14.7 Å². The number of carbonyl (C=O) groups is 2. The van der Waals surface area contributed by atoms with Gasteiger partial charge in [0.25, 0.3) is 0 Å². The Kier molecular flexibility index (Phi) is 3.41. The number of carbonyl (C=O) groups excluding carboxylic acids is 1. The van der Waals surface area contributed by atoms with Gasteiger partial charge in [-0.05, 0) is 38.0 Å². The molecule has 25 heavy (non-hydrogen) atoms. The molecule has 4 rings (SSSR count). The van der Waals surface area contributed by atoms with E-state index >= 15 is 0 Å². The topological polar surface area (TPSA) is 66.8 Å². The Morgan fingerprint density at radius 3 is 2.84 bits per heavy atom. The van der Waals surface area contributed by atoms with Gasteiger partial charge in [0.15, 0.2) is 0 Å². The molecule has 0 radical (unpaired) electrons. The van der Waals surface area contributed by atoms with Crippen molar-refractivity contribution in [3.63, 3.8) is 0 Å². The molecule has 0 aromatic heterocycles. The number of ether oxygens (including phenoxy) is 1. The summed E-state index contributed by atoms with van der Waals surface area (Å²) in [4.78, 5) is 26.8. The highest BCUT2D eigenvalue weighted by molar-refractivity contribution is 6.03. The average Bonchev–Trinajstić information content (AvgIpc) is 3.16. The number of hydrogen-bond donors (Lipinski definition) is 1. The summed E-state index contributed by atoms with van der Waals surface area (Å²) in [5.74, 6) is -2.67. The molecule has 5 atom stereocenters. The van der Waals surface area contributed by atoms with Gasteiger partial charge in [-0.1, -0.05) is 29.9 Å². The maximum absolute atomic E-state index is 13.3. The summed E-state index contributed by atoms with van der Waals surface area (Å²) < 4.78 is 6.13. The Hall–Kier alpha value is -2.40. The molecule has 1 aromatic carbocycles. The Morgan fingerprint density at radius 1 is 1.44 bits per heavy atom. The van der Waals surface area contributed by atoms with E-state index in [0.29, 0.717) is 6.42 Å². The summed E-state index contributed by atoms with van der Waals surface area (Å²) >= 11 is 0. The number of fused-ring (bicyclic) bond motifs is 1. The third-order valence-electron chi connectivity index (χ3n) is 5.53. The maximum atomic E-state index is 13.3. The summed E-state index contributed by atoms with van der Waals surface area (Å²) in [6.45, 7) is 7.89. The van der Waals surface area contributed by atoms with E-state index in [4.69, 9.17) is 4.74 Å². The standard InChI is InChI=1S/C20H21NO4/c1-11(2)9-15-20-8-7-14(25-20)16(19(23)24)17(20)18(22)21(15)13-6-4-5-12(3)10-13/h4-8,10,14-17H,1,9H2,2-3H3,(H,23,24)/t14-,15+,16-,17+,20+/m0/s1. The number of nitrogens with zero attached hydrogens (tertiary/aromatic N) is 1. The van der Waals surface area contributed by atoms with Crippen molar-refractivity contribution in [3.05, 3.63) is 54.1 Å². The van der Waals surface area contributed by atoms with E-state index in [2.05, 4.69) is 6.58 Å². The van der Waals surface area contributed by atoms with Crippen LogP contribution in [0.15, 0.2) is 48.6 Å². The van der Waals surface area contributed by atoms with Crippen LogP contribution in [0.1, 0.15) is 18.9 Å². The molecular formula is C20H21NO4. The SMILES string of the molecule is C=C(C)C[C@H]1N(c2cccc(C)c2)C(=O)[C@H]2[C@@H](C(=O)O)[C@@H]3C=C[C@]21O3. The lowest BCUT2D eigenvalue weighted by Crippen LogP contribution is -2.45. The minimum atomic E-state index is -0.977. The lowest BCUT2D eigenvalue weighted by molar-refractivity contribution is -0.146. The van der Waals surface area contributed by atoms with Crippen LogP contribution in [0.4, 0.5) is 5.69 Å². The number of anilines is 1. The molecule has 1 amide bonds. The van der Waals surface area contributed by atoms with E-state index < -0.39 is 29.5 Å². The lowest BCUT2D eigenvalue weighted by Gasteiger charge is -2.33. The summed E-state index contributed by atoms with van der Waals surface area (Å²) in [7, 11) is 0. The molecule has 5 nitrogen and oxygen atoms in total. The van der Waals surface area contributed by atoms with Crippen molar-refractivity contribution >= 4 is 17.6 Å². The van der Waals surface area contributed by atoms with Gasteiger partial charge in [-0.2, -0.15) is 0 Å². The number of amides is 1. The zero-order valence-electron chi connectivity index (χ0n) is 14.3. The molecule has 2 saturated heterocycles. The summed E-state index contributed by atoms with van der Waals surface area (Å²) in [6.07, 6.45) is 3.75. The third-order valence-corrected chi connectivity index (χ3v) is 5.53. The highest BCUT2D eigenvalue weighted by Crippen LogP contribution is 2.56. The van der Waals surface area contributed by atoms with Crippen LogP contribution in [0.3, 0.4) is 0 Å². The molecule has 2 fully saturated rings. The predicted octanol–water partition coefficient (Wildman–Crippen LogP) is 2.70. The van der Waals surface area contributed by atoms with Crippen molar-refractivity contribution in [1.82, 2.24) is 0 Å². The number of rotatable bonds is 4. The minimum absolute atomic E-state index is 0.170. The second-order valence-corrected chi connectivity index (χ2v) is 7.36. The minimum Gasteiger partial charge on any atom is -0.481 e. The molecule has 130 valence electrons. The first kappa shape index (κ1) is 16.1. The molecule has 3 aliphatic heterocycles. The summed E-state index contributed by atoms with van der Waals surface area (Å²) in [6, 6.07) is 7.44. The van der Waals surface area contributed by atoms with Crippen LogP contribution in [0.25, 0.3) is 0 Å². The van der Waals surface area contributed by atoms with Gasteiger partial charge in [-0.15, -0.1) is 6.58 Å². The predicted molar refractivity (Wildman–Crippen MR) is 93.2 cm³/mol. The van der Waals surface area contributed by atoms with E-state index in [-0.39, 0.29) is 11.9 Å². The molecule has 0 aliphatic carbocycles. The smallest absolute Gasteiger partial charge is 0.310 e. The van der Waals surface area contributed by atoms with E-state index in [1.165, 1.54) is 0 Å². The van der Waals surface area contributed by atoms with Gasteiger partial charge in [0, 0.05) is 5.69 Å². The quantitative estimate of drug-likeness (QED) is 0.857. The van der Waals surface area contributed by atoms with Gasteiger partial charge < -0.3 is 14.7 Å². The average molecular weight is 339 g/mol. The highest BCUT2D eigenvalue weighted by Gasteiger charge is 2.71. The second kappa shape index (κ2) is 5.30. The monoisotopic (exact) mass is 339 g/mol. The number of aliphatic carboxylic acids is 1. The Morgan fingerprint density at radius 2 is 2.20 bits per heavy atom. The van der Waals surface area contributed by atoms with Crippen molar-refractivity contribution in [2.75, 3.05) is 4.90 Å². The van der Waals surface area contributed by atoms with Gasteiger partial charge in [0.1, 0.15) is 11.5 Å². The lowest BCUT2D eigenvalue weighted by atomic mass is 9.74. The molecule has 2 bridgehead atoms. The van der Waals surface area contributed by atoms with Crippen LogP contribution in [0, 0.1) is 18.8 Å². The molecule has 0 unspecified atom stereocenters. The van der Waals surface area contributed by atoms with Crippen molar-refractivity contribution in [2.24, 2.45) is 11.8 Å². The number of carboxylic acid groups (broad SMARTS) is 1. The fraction of sp³-hybridized carbons (Fsp3) is 0.400. The molecule has 1 N–H and O–H groups in total. The number of aryl methyl sites for hydroxylation is 1. The first-order valence-corrected chi connectivity index (χ1v) is 8.49. The molecule has 3 heterocycles.